The molecule has 2 rings (SSSR count). The van der Waals surface area contributed by atoms with E-state index in [1.54, 1.807) is 36.4 Å². The van der Waals surface area contributed by atoms with Gasteiger partial charge in [0.15, 0.2) is 5.78 Å². The number of benzene rings is 2. The van der Waals surface area contributed by atoms with Crippen molar-refractivity contribution in [3.8, 4) is 0 Å². The number of hydrogen-bond donors (Lipinski definition) is 0. The third-order valence-electron chi connectivity index (χ3n) is 2.62. The molecule has 0 heterocycles. The van der Waals surface area contributed by atoms with Crippen LogP contribution in [0, 0.1) is 0 Å². The first-order valence-corrected chi connectivity index (χ1v) is 7.33. The van der Waals surface area contributed by atoms with Gasteiger partial charge in [0.25, 0.3) is 0 Å². The van der Waals surface area contributed by atoms with Crippen LogP contribution in [0.5, 0.6) is 0 Å². The maximum absolute atomic E-state index is 12.2. The second-order valence-corrected chi connectivity index (χ2v) is 6.01. The largest absolute Gasteiger partial charge is 0.294 e. The van der Waals surface area contributed by atoms with Crippen molar-refractivity contribution in [3.05, 3.63) is 67.1 Å². The molecule has 1 nitrogen and oxygen atoms in total. The predicted octanol–water partition coefficient (Wildman–Crippen LogP) is 5.83. The van der Waals surface area contributed by atoms with E-state index in [0.717, 1.165) is 5.56 Å². The first kappa shape index (κ1) is 14.9. The van der Waals surface area contributed by atoms with Crippen LogP contribution in [0.3, 0.4) is 0 Å². The van der Waals surface area contributed by atoms with Gasteiger partial charge in [0, 0.05) is 26.5 Å². The lowest BCUT2D eigenvalue weighted by atomic mass is 10.0. The monoisotopic (exact) mass is 376 g/mol. The van der Waals surface area contributed by atoms with E-state index in [9.17, 15) is 4.79 Å². The molecule has 98 valence electrons. The Kier molecular flexibility index (Phi) is 4.91. The molecule has 0 spiro atoms. The minimum absolute atomic E-state index is 0.0875. The summed E-state index contributed by atoms with van der Waals surface area (Å²) in [5, 5.41) is 1.44. The molecule has 0 atom stereocenters. The highest BCUT2D eigenvalue weighted by Gasteiger charge is 2.14. The van der Waals surface area contributed by atoms with Crippen molar-refractivity contribution in [1.29, 1.82) is 0 Å². The van der Waals surface area contributed by atoms with Crippen molar-refractivity contribution < 1.29 is 4.79 Å². The number of carbonyl (C=O) groups excluding carboxylic acids is 1. The van der Waals surface area contributed by atoms with Gasteiger partial charge >= 0.3 is 0 Å². The van der Waals surface area contributed by atoms with Crippen LogP contribution in [0.4, 0.5) is 0 Å². The first-order chi connectivity index (χ1) is 8.99. The zero-order valence-corrected chi connectivity index (χ0v) is 13.4. The summed E-state index contributed by atoms with van der Waals surface area (Å²) in [6.45, 7) is 0. The molecular formula is C14H8BrCl3O. The number of rotatable bonds is 3. The fraction of sp³-hybridized carbons (Fsp3) is 0.0714. The van der Waals surface area contributed by atoms with Gasteiger partial charge in [0.1, 0.15) is 0 Å². The van der Waals surface area contributed by atoms with Gasteiger partial charge in [-0.15, -0.1) is 0 Å². The highest BCUT2D eigenvalue weighted by molar-refractivity contribution is 9.10. The van der Waals surface area contributed by atoms with E-state index in [2.05, 4.69) is 15.9 Å². The summed E-state index contributed by atoms with van der Waals surface area (Å²) < 4.78 is 0.696. The summed E-state index contributed by atoms with van der Waals surface area (Å²) in [7, 11) is 0. The van der Waals surface area contributed by atoms with Crippen molar-refractivity contribution in [1.82, 2.24) is 0 Å². The Bertz CT molecular complexity index is 641. The van der Waals surface area contributed by atoms with Gasteiger partial charge in [0.05, 0.1) is 5.02 Å². The minimum atomic E-state index is -0.0875. The first-order valence-electron chi connectivity index (χ1n) is 5.40. The Labute approximate surface area is 134 Å². The van der Waals surface area contributed by atoms with E-state index in [1.165, 1.54) is 0 Å². The Morgan fingerprint density at radius 3 is 2.53 bits per heavy atom. The van der Waals surface area contributed by atoms with Crippen LogP contribution in [0.2, 0.25) is 15.1 Å². The van der Waals surface area contributed by atoms with Crippen molar-refractivity contribution in [3.63, 3.8) is 0 Å². The fourth-order valence-corrected chi connectivity index (χ4v) is 2.73. The number of halogens is 4. The molecule has 0 bridgehead atoms. The molecule has 0 aliphatic heterocycles. The van der Waals surface area contributed by atoms with Crippen molar-refractivity contribution in [2.75, 3.05) is 0 Å². The molecule has 0 fully saturated rings. The molecule has 0 saturated heterocycles. The average molecular weight is 378 g/mol. The predicted molar refractivity (Wildman–Crippen MR) is 83.6 cm³/mol. The summed E-state index contributed by atoms with van der Waals surface area (Å²) in [5.74, 6) is -0.0875. The van der Waals surface area contributed by atoms with Gasteiger partial charge in [-0.3, -0.25) is 4.79 Å². The second-order valence-electron chi connectivity index (χ2n) is 3.94. The van der Waals surface area contributed by atoms with Gasteiger partial charge in [-0.25, -0.2) is 0 Å². The molecule has 0 aliphatic carbocycles. The van der Waals surface area contributed by atoms with E-state index in [0.29, 0.717) is 25.1 Å². The molecule has 2 aromatic rings. The molecule has 0 saturated carbocycles. The third kappa shape index (κ3) is 3.51. The second kappa shape index (κ2) is 6.27. The van der Waals surface area contributed by atoms with Gasteiger partial charge in [0.2, 0.25) is 0 Å². The lowest BCUT2D eigenvalue weighted by Crippen LogP contribution is -2.05. The molecule has 0 N–H and O–H groups in total. The molecule has 0 amide bonds. The van der Waals surface area contributed by atoms with Crippen LogP contribution in [-0.4, -0.2) is 5.78 Å². The molecule has 19 heavy (non-hydrogen) atoms. The Morgan fingerprint density at radius 2 is 1.84 bits per heavy atom. The lowest BCUT2D eigenvalue weighted by Gasteiger charge is -2.07. The summed E-state index contributed by atoms with van der Waals surface area (Å²) in [5.41, 5.74) is 1.20. The molecule has 0 aromatic heterocycles. The standard InChI is InChI=1S/C14H8BrCl3O/c15-11-3-1-2-10(14(11)18)13(19)6-8-4-5-9(16)7-12(8)17/h1-5,7H,6H2. The van der Waals surface area contributed by atoms with E-state index in [4.69, 9.17) is 34.8 Å². The van der Waals surface area contributed by atoms with Crippen LogP contribution in [0.25, 0.3) is 0 Å². The van der Waals surface area contributed by atoms with E-state index in [-0.39, 0.29) is 12.2 Å². The maximum Gasteiger partial charge on any atom is 0.168 e. The quantitative estimate of drug-likeness (QED) is 0.614. The van der Waals surface area contributed by atoms with Crippen LogP contribution in [0.15, 0.2) is 40.9 Å². The molecular weight excluding hydrogens is 370 g/mol. The molecule has 5 heteroatoms. The zero-order valence-electron chi connectivity index (χ0n) is 9.59. The summed E-state index contributed by atoms with van der Waals surface area (Å²) in [4.78, 5) is 12.2. The van der Waals surface area contributed by atoms with Crippen LogP contribution in [-0.2, 0) is 6.42 Å². The lowest BCUT2D eigenvalue weighted by molar-refractivity contribution is 0.0993. The summed E-state index contributed by atoms with van der Waals surface area (Å²) in [6, 6.07) is 10.3. The third-order valence-corrected chi connectivity index (χ3v) is 4.50. The molecule has 0 unspecified atom stereocenters. The van der Waals surface area contributed by atoms with Crippen molar-refractivity contribution >= 4 is 56.5 Å². The summed E-state index contributed by atoms with van der Waals surface area (Å²) in [6.07, 6.45) is 0.187. The molecule has 0 radical (unpaired) electrons. The smallest absolute Gasteiger partial charge is 0.168 e. The summed E-state index contributed by atoms with van der Waals surface area (Å²) >= 11 is 21.3. The van der Waals surface area contributed by atoms with Crippen molar-refractivity contribution in [2.45, 2.75) is 6.42 Å². The van der Waals surface area contributed by atoms with Crippen LogP contribution < -0.4 is 0 Å². The van der Waals surface area contributed by atoms with Crippen molar-refractivity contribution in [2.24, 2.45) is 0 Å². The van der Waals surface area contributed by atoms with Crippen LogP contribution in [0.1, 0.15) is 15.9 Å². The number of Topliss-reactive ketones (excluding diaryl/α,β-unsaturated/α-hetero) is 1. The number of carbonyl (C=O) groups is 1. The highest BCUT2D eigenvalue weighted by Crippen LogP contribution is 2.28. The SMILES string of the molecule is O=C(Cc1ccc(Cl)cc1Cl)c1cccc(Br)c1Cl. The highest BCUT2D eigenvalue weighted by atomic mass is 79.9. The Morgan fingerprint density at radius 1 is 1.11 bits per heavy atom. The Balaban J connectivity index is 2.28. The number of ketones is 1. The maximum atomic E-state index is 12.2. The number of hydrogen-bond acceptors (Lipinski definition) is 1. The minimum Gasteiger partial charge on any atom is -0.294 e. The average Bonchev–Trinajstić information content (AvgIpc) is 2.36. The zero-order chi connectivity index (χ0) is 14.0. The molecule has 0 aliphatic rings. The van der Waals surface area contributed by atoms with E-state index in [1.807, 2.05) is 0 Å². The van der Waals surface area contributed by atoms with E-state index < -0.39 is 0 Å². The molecule has 2 aromatic carbocycles. The van der Waals surface area contributed by atoms with E-state index >= 15 is 0 Å². The Hall–Kier alpha value is -0.540. The van der Waals surface area contributed by atoms with Gasteiger partial charge in [-0.2, -0.15) is 0 Å². The van der Waals surface area contributed by atoms with Crippen LogP contribution >= 0.6 is 50.7 Å². The topological polar surface area (TPSA) is 17.1 Å². The fourth-order valence-electron chi connectivity index (χ4n) is 1.65. The van der Waals surface area contributed by atoms with Gasteiger partial charge < -0.3 is 0 Å². The van der Waals surface area contributed by atoms with Gasteiger partial charge in [-0.05, 0) is 45.8 Å². The van der Waals surface area contributed by atoms with Gasteiger partial charge in [-0.1, -0.05) is 46.9 Å². The normalized spacial score (nSPS) is 10.5.